The van der Waals surface area contributed by atoms with Gasteiger partial charge in [-0.2, -0.15) is 11.8 Å². The van der Waals surface area contributed by atoms with Crippen molar-refractivity contribution in [3.63, 3.8) is 0 Å². The molecule has 0 amide bonds. The molecular weight excluding hydrogens is 260 g/mol. The normalized spacial score (nSPS) is 11.4. The zero-order chi connectivity index (χ0) is 12.9. The zero-order valence-corrected chi connectivity index (χ0v) is 11.4. The van der Waals surface area contributed by atoms with Crippen molar-refractivity contribution in [3.8, 4) is 5.75 Å². The van der Waals surface area contributed by atoms with E-state index in [0.717, 1.165) is 5.75 Å². The van der Waals surface area contributed by atoms with E-state index in [0.29, 0.717) is 12.2 Å². The number of hydrogen-bond donors (Lipinski definition) is 2. The number of benzene rings is 1. The van der Waals surface area contributed by atoms with E-state index >= 15 is 0 Å². The van der Waals surface area contributed by atoms with Crippen LogP contribution in [0.15, 0.2) is 23.1 Å². The number of sulfonamides is 1. The Morgan fingerprint density at radius 3 is 2.76 bits per heavy atom. The number of nitrogens with one attached hydrogen (secondary N) is 1. The SMILES string of the molecule is COc1cc(N)ccc1S(=O)(=O)NCCSC. The summed E-state index contributed by atoms with van der Waals surface area (Å²) in [4.78, 5) is 0.107. The Bertz CT molecular complexity index is 474. The molecule has 0 aliphatic carbocycles. The van der Waals surface area contributed by atoms with Crippen LogP contribution in [0.2, 0.25) is 0 Å². The van der Waals surface area contributed by atoms with Gasteiger partial charge in [0.1, 0.15) is 10.6 Å². The Morgan fingerprint density at radius 1 is 1.47 bits per heavy atom. The summed E-state index contributed by atoms with van der Waals surface area (Å²) in [6.07, 6.45) is 1.91. The van der Waals surface area contributed by atoms with Gasteiger partial charge in [0.25, 0.3) is 0 Å². The van der Waals surface area contributed by atoms with Gasteiger partial charge in [-0.1, -0.05) is 0 Å². The van der Waals surface area contributed by atoms with Crippen LogP contribution in [0.4, 0.5) is 5.69 Å². The summed E-state index contributed by atoms with van der Waals surface area (Å²) in [6, 6.07) is 4.46. The Morgan fingerprint density at radius 2 is 2.18 bits per heavy atom. The van der Waals surface area contributed by atoms with E-state index < -0.39 is 10.0 Å². The largest absolute Gasteiger partial charge is 0.495 e. The molecule has 0 aliphatic rings. The Labute approximate surface area is 106 Å². The molecule has 96 valence electrons. The predicted molar refractivity (Wildman–Crippen MR) is 71.0 cm³/mol. The monoisotopic (exact) mass is 276 g/mol. The van der Waals surface area contributed by atoms with Crippen LogP contribution in [-0.2, 0) is 10.0 Å². The quantitative estimate of drug-likeness (QED) is 0.596. The molecule has 1 rings (SSSR count). The topological polar surface area (TPSA) is 81.4 Å². The average molecular weight is 276 g/mol. The standard InChI is InChI=1S/C10H16N2O3S2/c1-15-9-7-8(11)3-4-10(9)17(13,14)12-5-6-16-2/h3-4,7,12H,5-6,11H2,1-2H3. The lowest BCUT2D eigenvalue weighted by molar-refractivity contribution is 0.402. The van der Waals surface area contributed by atoms with Crippen molar-refractivity contribution in [2.45, 2.75) is 4.90 Å². The highest BCUT2D eigenvalue weighted by atomic mass is 32.2. The fourth-order valence-corrected chi connectivity index (χ4v) is 2.88. The molecule has 0 atom stereocenters. The van der Waals surface area contributed by atoms with E-state index in [4.69, 9.17) is 10.5 Å². The summed E-state index contributed by atoms with van der Waals surface area (Å²) in [5.74, 6) is 0.970. The van der Waals surface area contributed by atoms with Crippen molar-refractivity contribution < 1.29 is 13.2 Å². The first kappa shape index (κ1) is 14.1. The zero-order valence-electron chi connectivity index (χ0n) is 9.76. The van der Waals surface area contributed by atoms with Crippen LogP contribution in [0.1, 0.15) is 0 Å². The Hall–Kier alpha value is -0.920. The predicted octanol–water partition coefficient (Wildman–Crippen LogP) is 0.919. The Balaban J connectivity index is 2.98. The van der Waals surface area contributed by atoms with Crippen LogP contribution < -0.4 is 15.2 Å². The Kier molecular flexibility index (Phi) is 5.10. The molecule has 0 spiro atoms. The molecule has 3 N–H and O–H groups in total. The maximum Gasteiger partial charge on any atom is 0.244 e. The number of methoxy groups -OCH3 is 1. The number of nitrogens with two attached hydrogens (primary N) is 1. The van der Waals surface area contributed by atoms with Crippen LogP contribution in [0.5, 0.6) is 5.75 Å². The molecule has 1 aromatic rings. The van der Waals surface area contributed by atoms with Crippen molar-refractivity contribution in [2.24, 2.45) is 0 Å². The number of thioether (sulfide) groups is 1. The molecule has 7 heteroatoms. The molecule has 0 aliphatic heterocycles. The summed E-state index contributed by atoms with van der Waals surface area (Å²) in [5, 5.41) is 0. The highest BCUT2D eigenvalue weighted by molar-refractivity contribution is 7.98. The first-order valence-corrected chi connectivity index (χ1v) is 7.81. The fourth-order valence-electron chi connectivity index (χ4n) is 1.26. The molecule has 0 unspecified atom stereocenters. The van der Waals surface area contributed by atoms with E-state index in [1.165, 1.54) is 25.3 Å². The second-order valence-corrected chi connectivity index (χ2v) is 6.02. The van der Waals surface area contributed by atoms with Crippen molar-refractivity contribution >= 4 is 27.5 Å². The van der Waals surface area contributed by atoms with Gasteiger partial charge in [0, 0.05) is 24.1 Å². The van der Waals surface area contributed by atoms with Gasteiger partial charge in [-0.3, -0.25) is 0 Å². The van der Waals surface area contributed by atoms with E-state index in [-0.39, 0.29) is 10.6 Å². The van der Waals surface area contributed by atoms with Crippen LogP contribution in [0.25, 0.3) is 0 Å². The minimum Gasteiger partial charge on any atom is -0.495 e. The molecule has 5 nitrogen and oxygen atoms in total. The van der Waals surface area contributed by atoms with Crippen LogP contribution >= 0.6 is 11.8 Å². The molecule has 0 heterocycles. The van der Waals surface area contributed by atoms with Gasteiger partial charge in [0.2, 0.25) is 10.0 Å². The van der Waals surface area contributed by atoms with Crippen molar-refractivity contribution in [1.29, 1.82) is 0 Å². The highest BCUT2D eigenvalue weighted by Crippen LogP contribution is 2.25. The van der Waals surface area contributed by atoms with Crippen molar-refractivity contribution in [2.75, 3.05) is 31.4 Å². The van der Waals surface area contributed by atoms with Gasteiger partial charge in [-0.05, 0) is 18.4 Å². The smallest absolute Gasteiger partial charge is 0.244 e. The summed E-state index contributed by atoms with van der Waals surface area (Å²) >= 11 is 1.57. The maximum atomic E-state index is 12.0. The third-order valence-electron chi connectivity index (χ3n) is 2.08. The lowest BCUT2D eigenvalue weighted by Crippen LogP contribution is -2.26. The number of anilines is 1. The third-order valence-corrected chi connectivity index (χ3v) is 4.19. The summed E-state index contributed by atoms with van der Waals surface area (Å²) in [5.41, 5.74) is 6.03. The highest BCUT2D eigenvalue weighted by Gasteiger charge is 2.18. The third kappa shape index (κ3) is 3.79. The second kappa shape index (κ2) is 6.13. The summed E-state index contributed by atoms with van der Waals surface area (Å²) in [6.45, 7) is 0.386. The first-order valence-electron chi connectivity index (χ1n) is 4.93. The average Bonchev–Trinajstić information content (AvgIpc) is 2.28. The van der Waals surface area contributed by atoms with E-state index in [1.54, 1.807) is 11.8 Å². The molecular formula is C10H16N2O3S2. The minimum absolute atomic E-state index is 0.107. The van der Waals surface area contributed by atoms with Gasteiger partial charge in [-0.25, -0.2) is 13.1 Å². The molecule has 17 heavy (non-hydrogen) atoms. The summed E-state index contributed by atoms with van der Waals surface area (Å²) < 4.78 is 31.4. The lowest BCUT2D eigenvalue weighted by Gasteiger charge is -2.10. The first-order chi connectivity index (χ1) is 8.01. The molecule has 0 aromatic heterocycles. The van der Waals surface area contributed by atoms with Crippen LogP contribution in [-0.4, -0.2) is 34.1 Å². The number of hydrogen-bond acceptors (Lipinski definition) is 5. The van der Waals surface area contributed by atoms with Crippen molar-refractivity contribution in [1.82, 2.24) is 4.72 Å². The van der Waals surface area contributed by atoms with E-state index in [9.17, 15) is 8.42 Å². The second-order valence-electron chi connectivity index (χ2n) is 3.30. The van der Waals surface area contributed by atoms with Crippen molar-refractivity contribution in [3.05, 3.63) is 18.2 Å². The van der Waals surface area contributed by atoms with Crippen LogP contribution in [0.3, 0.4) is 0 Å². The van der Waals surface area contributed by atoms with Crippen LogP contribution in [0, 0.1) is 0 Å². The van der Waals surface area contributed by atoms with E-state index in [2.05, 4.69) is 4.72 Å². The number of rotatable bonds is 6. The maximum absolute atomic E-state index is 12.0. The van der Waals surface area contributed by atoms with Gasteiger partial charge in [-0.15, -0.1) is 0 Å². The number of ether oxygens (including phenoxy) is 1. The number of nitrogen functional groups attached to an aromatic ring is 1. The molecule has 1 aromatic carbocycles. The lowest BCUT2D eigenvalue weighted by atomic mass is 10.3. The van der Waals surface area contributed by atoms with Gasteiger partial charge in [0.05, 0.1) is 7.11 Å². The van der Waals surface area contributed by atoms with Gasteiger partial charge >= 0.3 is 0 Å². The molecule has 0 bridgehead atoms. The van der Waals surface area contributed by atoms with Gasteiger partial charge < -0.3 is 10.5 Å². The molecule has 0 radical (unpaired) electrons. The summed E-state index contributed by atoms with van der Waals surface area (Å²) in [7, 11) is -2.12. The van der Waals surface area contributed by atoms with E-state index in [1.807, 2.05) is 6.26 Å². The minimum atomic E-state index is -3.54. The fraction of sp³-hybridized carbons (Fsp3) is 0.400. The van der Waals surface area contributed by atoms with Gasteiger partial charge in [0.15, 0.2) is 0 Å². The molecule has 0 saturated heterocycles. The molecule has 0 fully saturated rings. The molecule has 0 saturated carbocycles.